The normalized spacial score (nSPS) is 10.9. The van der Waals surface area contributed by atoms with Crippen LogP contribution in [-0.2, 0) is 0 Å². The van der Waals surface area contributed by atoms with Crippen LogP contribution in [0, 0.1) is 0 Å². The molecule has 144 valence electrons. The average Bonchev–Trinajstić information content (AvgIpc) is 2.65. The van der Waals surface area contributed by atoms with E-state index in [1.807, 2.05) is 38.4 Å². The molecule has 0 saturated carbocycles. The summed E-state index contributed by atoms with van der Waals surface area (Å²) >= 11 is 0. The summed E-state index contributed by atoms with van der Waals surface area (Å²) in [5.41, 5.74) is 2.28. The van der Waals surface area contributed by atoms with Crippen LogP contribution in [0.25, 0.3) is 0 Å². The number of para-hydroxylation sites is 1. The third kappa shape index (κ3) is 6.18. The first-order valence-corrected chi connectivity index (χ1v) is 9.18. The number of carbonyl (C=O) groups is 2. The number of hydrogen-bond acceptors (Lipinski definition) is 4. The van der Waals surface area contributed by atoms with Crippen molar-refractivity contribution in [3.63, 3.8) is 0 Å². The molecule has 0 atom stereocenters. The molecule has 0 aliphatic heterocycles. The molecule has 0 unspecified atom stereocenters. The highest BCUT2D eigenvalue weighted by Gasteiger charge is 2.14. The summed E-state index contributed by atoms with van der Waals surface area (Å²) in [6.45, 7) is 5.61. The van der Waals surface area contributed by atoms with Gasteiger partial charge in [0, 0.05) is 12.2 Å². The first-order valence-electron chi connectivity index (χ1n) is 9.18. The van der Waals surface area contributed by atoms with E-state index in [0.29, 0.717) is 6.54 Å². The van der Waals surface area contributed by atoms with Gasteiger partial charge in [-0.3, -0.25) is 9.59 Å². The molecule has 0 fully saturated rings. The maximum Gasteiger partial charge on any atom is 0.274 e. The van der Waals surface area contributed by atoms with E-state index in [1.54, 1.807) is 18.2 Å². The fourth-order valence-corrected chi connectivity index (χ4v) is 2.68. The highest BCUT2D eigenvalue weighted by molar-refractivity contribution is 6.04. The topological polar surface area (TPSA) is 74.3 Å². The number of pyridine rings is 1. The van der Waals surface area contributed by atoms with E-state index in [1.165, 1.54) is 0 Å². The summed E-state index contributed by atoms with van der Waals surface area (Å²) in [6.07, 6.45) is 0.852. The van der Waals surface area contributed by atoms with E-state index < -0.39 is 0 Å². The predicted molar refractivity (Wildman–Crippen MR) is 108 cm³/mol. The summed E-state index contributed by atoms with van der Waals surface area (Å²) in [7, 11) is 3.98. The predicted octanol–water partition coefficient (Wildman–Crippen LogP) is 3.14. The van der Waals surface area contributed by atoms with E-state index in [9.17, 15) is 9.59 Å². The van der Waals surface area contributed by atoms with Crippen LogP contribution >= 0.6 is 0 Å². The van der Waals surface area contributed by atoms with Crippen molar-refractivity contribution in [3.05, 3.63) is 59.4 Å². The molecule has 1 heterocycles. The van der Waals surface area contributed by atoms with Crippen LogP contribution in [0.5, 0.6) is 0 Å². The van der Waals surface area contributed by atoms with Crippen LogP contribution in [0.3, 0.4) is 0 Å². The van der Waals surface area contributed by atoms with Crippen molar-refractivity contribution in [1.82, 2.24) is 15.2 Å². The average molecular weight is 368 g/mol. The van der Waals surface area contributed by atoms with Gasteiger partial charge in [0.1, 0.15) is 11.4 Å². The molecule has 0 saturated heterocycles. The van der Waals surface area contributed by atoms with Crippen LogP contribution in [0.2, 0.25) is 0 Å². The lowest BCUT2D eigenvalue weighted by Crippen LogP contribution is -2.28. The molecule has 0 radical (unpaired) electrons. The molecule has 0 aliphatic carbocycles. The summed E-state index contributed by atoms with van der Waals surface area (Å²) in [5, 5.41) is 5.73. The number of amides is 2. The van der Waals surface area contributed by atoms with Gasteiger partial charge in [0.15, 0.2) is 0 Å². The minimum atomic E-state index is -0.328. The summed E-state index contributed by atoms with van der Waals surface area (Å²) < 4.78 is 0. The first-order chi connectivity index (χ1) is 12.9. The summed E-state index contributed by atoms with van der Waals surface area (Å²) in [6, 6.07) is 12.6. The summed E-state index contributed by atoms with van der Waals surface area (Å²) in [5.74, 6) is -0.315. The van der Waals surface area contributed by atoms with Crippen LogP contribution in [0.15, 0.2) is 42.5 Å². The number of hydrogen-bond donors (Lipinski definition) is 2. The van der Waals surface area contributed by atoms with Gasteiger partial charge >= 0.3 is 0 Å². The molecule has 1 aromatic carbocycles. The molecule has 2 amide bonds. The van der Waals surface area contributed by atoms with Crippen molar-refractivity contribution in [2.24, 2.45) is 0 Å². The molecule has 0 aliphatic rings. The number of aromatic nitrogens is 1. The minimum absolute atomic E-state index is 0.217. The van der Waals surface area contributed by atoms with Crippen molar-refractivity contribution in [2.75, 3.05) is 32.5 Å². The largest absolute Gasteiger partial charge is 0.351 e. The van der Waals surface area contributed by atoms with E-state index in [4.69, 9.17) is 0 Å². The van der Waals surface area contributed by atoms with Crippen molar-refractivity contribution < 1.29 is 9.59 Å². The Bertz CT molecular complexity index is 787. The number of rotatable bonds is 8. The molecule has 0 bridgehead atoms. The zero-order valence-electron chi connectivity index (χ0n) is 16.5. The lowest BCUT2D eigenvalue weighted by atomic mass is 10.0. The Labute approximate surface area is 161 Å². The van der Waals surface area contributed by atoms with Crippen LogP contribution in [0.1, 0.15) is 52.7 Å². The highest BCUT2D eigenvalue weighted by Crippen LogP contribution is 2.24. The number of carbonyl (C=O) groups excluding carboxylic acids is 2. The molecule has 6 heteroatoms. The van der Waals surface area contributed by atoms with Crippen molar-refractivity contribution in [2.45, 2.75) is 26.2 Å². The second-order valence-corrected chi connectivity index (χ2v) is 7.02. The molecule has 2 N–H and O–H groups in total. The quantitative estimate of drug-likeness (QED) is 0.702. The highest BCUT2D eigenvalue weighted by atomic mass is 16.2. The fraction of sp³-hybridized carbons (Fsp3) is 0.381. The zero-order chi connectivity index (χ0) is 19.8. The van der Waals surface area contributed by atoms with Gasteiger partial charge in [0.25, 0.3) is 11.8 Å². The van der Waals surface area contributed by atoms with Crippen molar-refractivity contribution in [1.29, 1.82) is 0 Å². The van der Waals surface area contributed by atoms with E-state index in [-0.39, 0.29) is 29.1 Å². The maximum atomic E-state index is 12.6. The molecule has 27 heavy (non-hydrogen) atoms. The number of benzene rings is 1. The van der Waals surface area contributed by atoms with Gasteiger partial charge in [-0.25, -0.2) is 4.98 Å². The Morgan fingerprint density at radius 2 is 1.67 bits per heavy atom. The monoisotopic (exact) mass is 368 g/mol. The van der Waals surface area contributed by atoms with Gasteiger partial charge in [-0.2, -0.15) is 0 Å². The molecule has 6 nitrogen and oxygen atoms in total. The second-order valence-electron chi connectivity index (χ2n) is 7.02. The Morgan fingerprint density at radius 3 is 2.33 bits per heavy atom. The zero-order valence-corrected chi connectivity index (χ0v) is 16.5. The smallest absolute Gasteiger partial charge is 0.274 e. The third-order valence-electron chi connectivity index (χ3n) is 4.11. The number of nitrogens with one attached hydrogen (secondary N) is 2. The van der Waals surface area contributed by atoms with Crippen molar-refractivity contribution >= 4 is 17.5 Å². The molecule has 1 aromatic heterocycles. The van der Waals surface area contributed by atoms with Gasteiger partial charge < -0.3 is 15.5 Å². The fourth-order valence-electron chi connectivity index (χ4n) is 2.68. The summed E-state index contributed by atoms with van der Waals surface area (Å²) in [4.78, 5) is 31.1. The molecule has 2 aromatic rings. The standard InChI is InChI=1S/C21H28N4O2/c1-15(2)16-9-5-6-10-17(16)24-21(27)19-12-7-11-18(23-19)20(26)22-13-8-14-25(3)4/h5-7,9-12,15H,8,13-14H2,1-4H3,(H,22,26)(H,24,27). The Hall–Kier alpha value is -2.73. The van der Waals surface area contributed by atoms with Crippen LogP contribution in [-0.4, -0.2) is 48.9 Å². The first kappa shape index (κ1) is 20.6. The van der Waals surface area contributed by atoms with Gasteiger partial charge in [0.2, 0.25) is 0 Å². The van der Waals surface area contributed by atoms with Gasteiger partial charge in [-0.1, -0.05) is 38.1 Å². The van der Waals surface area contributed by atoms with E-state index >= 15 is 0 Å². The Morgan fingerprint density at radius 1 is 1.00 bits per heavy atom. The second kappa shape index (κ2) is 9.83. The minimum Gasteiger partial charge on any atom is -0.351 e. The number of nitrogens with zero attached hydrogens (tertiary/aromatic N) is 2. The maximum absolute atomic E-state index is 12.6. The molecule has 2 rings (SSSR count). The van der Waals surface area contributed by atoms with E-state index in [0.717, 1.165) is 24.2 Å². The van der Waals surface area contributed by atoms with E-state index in [2.05, 4.69) is 34.4 Å². The van der Waals surface area contributed by atoms with Crippen molar-refractivity contribution in [3.8, 4) is 0 Å². The Kier molecular flexibility index (Phi) is 7.49. The van der Waals surface area contributed by atoms with Gasteiger partial charge in [-0.15, -0.1) is 0 Å². The van der Waals surface area contributed by atoms with Crippen LogP contribution < -0.4 is 10.6 Å². The molecular formula is C21H28N4O2. The van der Waals surface area contributed by atoms with Gasteiger partial charge in [-0.05, 0) is 56.7 Å². The van der Waals surface area contributed by atoms with Crippen LogP contribution in [0.4, 0.5) is 5.69 Å². The van der Waals surface area contributed by atoms with Gasteiger partial charge in [0.05, 0.1) is 0 Å². The molecular weight excluding hydrogens is 340 g/mol. The number of anilines is 1. The lowest BCUT2D eigenvalue weighted by Gasteiger charge is -2.13. The molecule has 0 spiro atoms. The third-order valence-corrected chi connectivity index (χ3v) is 4.11. The lowest BCUT2D eigenvalue weighted by molar-refractivity contribution is 0.0947. The Balaban J connectivity index is 2.04. The SMILES string of the molecule is CC(C)c1ccccc1NC(=O)c1cccc(C(=O)NCCCN(C)C)n1.